The molecule has 0 aliphatic carbocycles. The SMILES string of the molecule is C/C=N/O/C=C/C(N)/C(Cl)=C/N. The van der Waals surface area contributed by atoms with Gasteiger partial charge in [-0.15, -0.1) is 0 Å². The zero-order valence-corrected chi connectivity index (χ0v) is 7.53. The number of halogens is 1. The molecule has 0 aromatic rings. The van der Waals surface area contributed by atoms with E-state index in [1.807, 2.05) is 0 Å². The summed E-state index contributed by atoms with van der Waals surface area (Å²) in [5, 5.41) is 3.82. The second-order valence-electron chi connectivity index (χ2n) is 1.87. The molecule has 5 heteroatoms. The van der Waals surface area contributed by atoms with E-state index in [1.54, 1.807) is 13.0 Å². The number of rotatable bonds is 4. The molecule has 0 heterocycles. The molecule has 0 rings (SSSR count). The van der Waals surface area contributed by atoms with E-state index in [4.69, 9.17) is 23.1 Å². The Morgan fingerprint density at radius 2 is 2.33 bits per heavy atom. The fourth-order valence-electron chi connectivity index (χ4n) is 0.419. The van der Waals surface area contributed by atoms with Crippen LogP contribution in [0.5, 0.6) is 0 Å². The van der Waals surface area contributed by atoms with Gasteiger partial charge in [-0.05, 0) is 13.0 Å². The van der Waals surface area contributed by atoms with Crippen LogP contribution in [-0.2, 0) is 4.84 Å². The maximum atomic E-state index is 5.59. The maximum Gasteiger partial charge on any atom is 0.120 e. The first-order valence-corrected chi connectivity index (χ1v) is 3.73. The first kappa shape index (κ1) is 11.0. The molecule has 0 bridgehead atoms. The van der Waals surface area contributed by atoms with Gasteiger partial charge in [-0.2, -0.15) is 0 Å². The van der Waals surface area contributed by atoms with Gasteiger partial charge in [0, 0.05) is 12.4 Å². The fourth-order valence-corrected chi connectivity index (χ4v) is 0.492. The van der Waals surface area contributed by atoms with Crippen molar-refractivity contribution in [2.24, 2.45) is 16.6 Å². The van der Waals surface area contributed by atoms with E-state index in [2.05, 4.69) is 9.99 Å². The zero-order chi connectivity index (χ0) is 9.40. The van der Waals surface area contributed by atoms with Gasteiger partial charge >= 0.3 is 0 Å². The summed E-state index contributed by atoms with van der Waals surface area (Å²) in [5.74, 6) is 0. The van der Waals surface area contributed by atoms with Crippen LogP contribution in [0.25, 0.3) is 0 Å². The molecule has 68 valence electrons. The van der Waals surface area contributed by atoms with Crippen LogP contribution in [0, 0.1) is 0 Å². The normalized spacial score (nSPS) is 15.8. The lowest BCUT2D eigenvalue weighted by molar-refractivity contribution is 0.269. The molecular formula is C7H12ClN3O. The molecule has 0 saturated heterocycles. The lowest BCUT2D eigenvalue weighted by Gasteiger charge is -2.01. The van der Waals surface area contributed by atoms with Crippen LogP contribution in [-0.4, -0.2) is 12.3 Å². The van der Waals surface area contributed by atoms with E-state index in [9.17, 15) is 0 Å². The highest BCUT2D eigenvalue weighted by Gasteiger charge is 1.99. The molecule has 0 aromatic carbocycles. The van der Waals surface area contributed by atoms with Gasteiger partial charge in [-0.25, -0.2) is 0 Å². The van der Waals surface area contributed by atoms with Crippen molar-refractivity contribution in [3.63, 3.8) is 0 Å². The molecule has 12 heavy (non-hydrogen) atoms. The minimum Gasteiger partial charge on any atom is -0.404 e. The first-order valence-electron chi connectivity index (χ1n) is 3.35. The molecule has 1 unspecified atom stereocenters. The topological polar surface area (TPSA) is 73.6 Å². The molecule has 0 aliphatic rings. The highest BCUT2D eigenvalue weighted by molar-refractivity contribution is 6.30. The summed E-state index contributed by atoms with van der Waals surface area (Å²) >= 11 is 5.59. The first-order chi connectivity index (χ1) is 5.72. The monoisotopic (exact) mass is 189 g/mol. The predicted molar refractivity (Wildman–Crippen MR) is 50.5 cm³/mol. The molecule has 0 amide bonds. The van der Waals surface area contributed by atoms with Crippen molar-refractivity contribution in [2.45, 2.75) is 13.0 Å². The van der Waals surface area contributed by atoms with Crippen LogP contribution in [0.2, 0.25) is 0 Å². The Bertz CT molecular complexity index is 201. The van der Waals surface area contributed by atoms with Crippen LogP contribution in [0.3, 0.4) is 0 Å². The van der Waals surface area contributed by atoms with Crippen LogP contribution in [0.4, 0.5) is 0 Å². The minimum atomic E-state index is -0.441. The summed E-state index contributed by atoms with van der Waals surface area (Å²) in [4.78, 5) is 4.63. The highest BCUT2D eigenvalue weighted by Crippen LogP contribution is 2.04. The number of hydrogen-bond acceptors (Lipinski definition) is 4. The Hall–Kier alpha value is -1.00. The molecule has 0 radical (unpaired) electrons. The Balaban J connectivity index is 3.83. The lowest BCUT2D eigenvalue weighted by Crippen LogP contribution is -2.17. The smallest absolute Gasteiger partial charge is 0.120 e. The standard InChI is InChI=1S/C7H12ClN3O/c1-2-11-12-4-3-7(10)6(8)5-9/h2-5,7H,9-10H2,1H3/b4-3+,6-5-,11-2+. The quantitative estimate of drug-likeness (QED) is 0.392. The van der Waals surface area contributed by atoms with Crippen molar-refractivity contribution in [1.29, 1.82) is 0 Å². The summed E-state index contributed by atoms with van der Waals surface area (Å²) in [5.41, 5.74) is 10.6. The average Bonchev–Trinajstić information content (AvgIpc) is 2.10. The summed E-state index contributed by atoms with van der Waals surface area (Å²) in [6.07, 6.45) is 5.63. The van der Waals surface area contributed by atoms with Crippen LogP contribution >= 0.6 is 11.6 Å². The Labute approximate surface area is 76.5 Å². The Morgan fingerprint density at radius 3 is 2.83 bits per heavy atom. The molecule has 1 atom stereocenters. The number of oxime groups is 1. The van der Waals surface area contributed by atoms with Gasteiger partial charge < -0.3 is 16.3 Å². The number of nitrogens with zero attached hydrogens (tertiary/aromatic N) is 1. The van der Waals surface area contributed by atoms with Crippen molar-refractivity contribution < 1.29 is 4.84 Å². The van der Waals surface area contributed by atoms with E-state index < -0.39 is 6.04 Å². The largest absolute Gasteiger partial charge is 0.404 e. The fraction of sp³-hybridized carbons (Fsp3) is 0.286. The van der Waals surface area contributed by atoms with Gasteiger partial charge in [0.1, 0.15) is 6.26 Å². The molecule has 0 aromatic heterocycles. The van der Waals surface area contributed by atoms with Gasteiger partial charge in [-0.1, -0.05) is 16.8 Å². The summed E-state index contributed by atoms with van der Waals surface area (Å²) in [6, 6.07) is -0.441. The van der Waals surface area contributed by atoms with Crippen LogP contribution in [0.1, 0.15) is 6.92 Å². The molecule has 4 N–H and O–H groups in total. The molecule has 0 spiro atoms. The molecule has 0 saturated carbocycles. The lowest BCUT2D eigenvalue weighted by atomic mass is 10.3. The van der Waals surface area contributed by atoms with Gasteiger partial charge in [0.2, 0.25) is 0 Å². The predicted octanol–water partition coefficient (Wildman–Crippen LogP) is 0.889. The van der Waals surface area contributed by atoms with E-state index in [-0.39, 0.29) is 0 Å². The van der Waals surface area contributed by atoms with Crippen LogP contribution < -0.4 is 11.5 Å². The Kier molecular flexibility index (Phi) is 6.14. The summed E-state index contributed by atoms with van der Waals surface area (Å²) < 4.78 is 0. The van der Waals surface area contributed by atoms with E-state index in [0.717, 1.165) is 0 Å². The van der Waals surface area contributed by atoms with E-state index in [0.29, 0.717) is 5.03 Å². The highest BCUT2D eigenvalue weighted by atomic mass is 35.5. The van der Waals surface area contributed by atoms with Crippen molar-refractivity contribution in [2.75, 3.05) is 0 Å². The average molecular weight is 190 g/mol. The molecular weight excluding hydrogens is 178 g/mol. The van der Waals surface area contributed by atoms with E-state index in [1.165, 1.54) is 18.7 Å². The van der Waals surface area contributed by atoms with E-state index >= 15 is 0 Å². The third kappa shape index (κ3) is 4.76. The summed E-state index contributed by atoms with van der Waals surface area (Å²) in [7, 11) is 0. The number of nitrogens with two attached hydrogens (primary N) is 2. The van der Waals surface area contributed by atoms with Gasteiger partial charge in [-0.3, -0.25) is 0 Å². The van der Waals surface area contributed by atoms with Crippen LogP contribution in [0.15, 0.2) is 28.7 Å². The maximum absolute atomic E-state index is 5.59. The van der Waals surface area contributed by atoms with Crippen molar-refractivity contribution >= 4 is 17.8 Å². The van der Waals surface area contributed by atoms with Gasteiger partial charge in [0.15, 0.2) is 0 Å². The Morgan fingerprint density at radius 1 is 1.67 bits per heavy atom. The summed E-state index contributed by atoms with van der Waals surface area (Å²) in [6.45, 7) is 1.74. The van der Waals surface area contributed by atoms with Crippen molar-refractivity contribution in [1.82, 2.24) is 0 Å². The molecule has 0 aliphatic heterocycles. The molecule has 0 fully saturated rings. The minimum absolute atomic E-state index is 0.357. The molecule has 4 nitrogen and oxygen atoms in total. The third-order valence-corrected chi connectivity index (χ3v) is 1.37. The second-order valence-corrected chi connectivity index (χ2v) is 2.31. The zero-order valence-electron chi connectivity index (χ0n) is 6.77. The second kappa shape index (κ2) is 6.69. The third-order valence-electron chi connectivity index (χ3n) is 0.991. The van der Waals surface area contributed by atoms with Gasteiger partial charge in [0.05, 0.1) is 11.1 Å². The van der Waals surface area contributed by atoms with Crippen molar-refractivity contribution in [3.8, 4) is 0 Å². The number of hydrogen-bond donors (Lipinski definition) is 2. The van der Waals surface area contributed by atoms with Crippen molar-refractivity contribution in [3.05, 3.63) is 23.6 Å². The van der Waals surface area contributed by atoms with Gasteiger partial charge in [0.25, 0.3) is 0 Å².